The highest BCUT2D eigenvalue weighted by molar-refractivity contribution is 7.92. The van der Waals surface area contributed by atoms with Gasteiger partial charge in [0.15, 0.2) is 6.61 Å². The second kappa shape index (κ2) is 10.4. The van der Waals surface area contributed by atoms with Gasteiger partial charge in [0.25, 0.3) is 21.8 Å². The number of rotatable bonds is 7. The van der Waals surface area contributed by atoms with Crippen molar-refractivity contribution >= 4 is 50.7 Å². The van der Waals surface area contributed by atoms with Gasteiger partial charge in [-0.3, -0.25) is 25.2 Å². The van der Waals surface area contributed by atoms with Crippen molar-refractivity contribution < 1.29 is 22.7 Å². The largest absolute Gasteiger partial charge is 0.484 e. The van der Waals surface area contributed by atoms with Crippen molar-refractivity contribution in [2.24, 2.45) is 0 Å². The summed E-state index contributed by atoms with van der Waals surface area (Å²) in [5.41, 5.74) is 4.63. The Morgan fingerprint density at radius 3 is 2.31 bits per heavy atom. The third-order valence-corrected chi connectivity index (χ3v) is 5.97. The molecule has 2 amide bonds. The SMILES string of the molecule is O=C(COc1ccc(Cl)cc1)NNC(=O)c1cccc(S(=O)(=O)Nc2ccccc2Cl)c1. The summed E-state index contributed by atoms with van der Waals surface area (Å²) in [6.45, 7) is -0.349. The average molecular weight is 494 g/mol. The first-order chi connectivity index (χ1) is 15.2. The van der Waals surface area contributed by atoms with E-state index in [4.69, 9.17) is 27.9 Å². The zero-order chi connectivity index (χ0) is 23.1. The van der Waals surface area contributed by atoms with Gasteiger partial charge in [-0.25, -0.2) is 8.42 Å². The maximum Gasteiger partial charge on any atom is 0.276 e. The van der Waals surface area contributed by atoms with Crippen LogP contribution in [0.3, 0.4) is 0 Å². The van der Waals surface area contributed by atoms with Crippen LogP contribution in [0.2, 0.25) is 10.0 Å². The molecule has 0 radical (unpaired) electrons. The number of carbonyl (C=O) groups is 2. The molecule has 11 heteroatoms. The summed E-state index contributed by atoms with van der Waals surface area (Å²) in [5.74, 6) is -0.892. The van der Waals surface area contributed by atoms with Crippen LogP contribution in [0.4, 0.5) is 5.69 Å². The lowest BCUT2D eigenvalue weighted by molar-refractivity contribution is -0.123. The molecular weight excluding hydrogens is 477 g/mol. The predicted octanol–water partition coefficient (Wildman–Crippen LogP) is 3.63. The number of amides is 2. The number of carbonyl (C=O) groups excluding carboxylic acids is 2. The van der Waals surface area contributed by atoms with Gasteiger partial charge in [-0.2, -0.15) is 0 Å². The van der Waals surface area contributed by atoms with Crippen molar-refractivity contribution in [3.05, 3.63) is 88.4 Å². The number of benzene rings is 3. The molecule has 0 fully saturated rings. The van der Waals surface area contributed by atoms with Crippen LogP contribution in [-0.4, -0.2) is 26.8 Å². The fourth-order valence-corrected chi connectivity index (χ4v) is 3.96. The van der Waals surface area contributed by atoms with Gasteiger partial charge in [0.05, 0.1) is 15.6 Å². The van der Waals surface area contributed by atoms with Gasteiger partial charge in [0, 0.05) is 10.6 Å². The number of para-hydroxylation sites is 1. The topological polar surface area (TPSA) is 114 Å². The van der Waals surface area contributed by atoms with Crippen LogP contribution < -0.4 is 20.3 Å². The molecule has 0 unspecified atom stereocenters. The molecule has 166 valence electrons. The molecule has 3 rings (SSSR count). The molecule has 0 heterocycles. The van der Waals surface area contributed by atoms with Gasteiger partial charge in [-0.15, -0.1) is 0 Å². The maximum atomic E-state index is 12.6. The van der Waals surface area contributed by atoms with E-state index < -0.39 is 21.8 Å². The molecule has 0 aliphatic heterocycles. The van der Waals surface area contributed by atoms with Crippen LogP contribution in [0.25, 0.3) is 0 Å². The van der Waals surface area contributed by atoms with E-state index in [2.05, 4.69) is 15.6 Å². The summed E-state index contributed by atoms with van der Waals surface area (Å²) in [6.07, 6.45) is 0. The van der Waals surface area contributed by atoms with Crippen molar-refractivity contribution in [1.82, 2.24) is 10.9 Å². The first-order valence-electron chi connectivity index (χ1n) is 9.09. The van der Waals surface area contributed by atoms with E-state index in [1.54, 1.807) is 42.5 Å². The lowest BCUT2D eigenvalue weighted by atomic mass is 10.2. The van der Waals surface area contributed by atoms with Crippen molar-refractivity contribution in [3.63, 3.8) is 0 Å². The number of nitrogens with one attached hydrogen (secondary N) is 3. The minimum atomic E-state index is -4.00. The Kier molecular flexibility index (Phi) is 7.57. The second-order valence-corrected chi connectivity index (χ2v) is 8.88. The summed E-state index contributed by atoms with van der Waals surface area (Å²) in [7, 11) is -4.00. The van der Waals surface area contributed by atoms with Gasteiger partial charge in [0.1, 0.15) is 5.75 Å². The van der Waals surface area contributed by atoms with E-state index in [0.717, 1.165) is 0 Å². The summed E-state index contributed by atoms with van der Waals surface area (Å²) in [6, 6.07) is 18.1. The smallest absolute Gasteiger partial charge is 0.276 e. The summed E-state index contributed by atoms with van der Waals surface area (Å²) in [5, 5.41) is 0.758. The minimum Gasteiger partial charge on any atom is -0.484 e. The second-order valence-electron chi connectivity index (χ2n) is 6.36. The molecule has 32 heavy (non-hydrogen) atoms. The minimum absolute atomic E-state index is 0.0194. The maximum absolute atomic E-state index is 12.6. The number of sulfonamides is 1. The van der Waals surface area contributed by atoms with Crippen molar-refractivity contribution in [3.8, 4) is 5.75 Å². The fourth-order valence-electron chi connectivity index (χ4n) is 2.47. The Labute approximate surface area is 194 Å². The number of hydrazine groups is 1. The number of ether oxygens (including phenoxy) is 1. The molecule has 0 saturated carbocycles. The summed E-state index contributed by atoms with van der Waals surface area (Å²) in [4.78, 5) is 24.1. The zero-order valence-electron chi connectivity index (χ0n) is 16.3. The van der Waals surface area contributed by atoms with E-state index in [-0.39, 0.29) is 27.8 Å². The van der Waals surface area contributed by atoms with Crippen LogP contribution >= 0.6 is 23.2 Å². The van der Waals surface area contributed by atoms with Gasteiger partial charge in [-0.1, -0.05) is 41.4 Å². The summed E-state index contributed by atoms with van der Waals surface area (Å²) < 4.78 is 32.9. The van der Waals surface area contributed by atoms with Crippen LogP contribution in [-0.2, 0) is 14.8 Å². The third kappa shape index (κ3) is 6.36. The van der Waals surface area contributed by atoms with Crippen molar-refractivity contribution in [1.29, 1.82) is 0 Å². The molecule has 3 aromatic carbocycles. The number of anilines is 1. The fraction of sp³-hybridized carbons (Fsp3) is 0.0476. The lowest BCUT2D eigenvalue weighted by Gasteiger charge is -2.11. The van der Waals surface area contributed by atoms with E-state index in [1.165, 1.54) is 30.3 Å². The molecule has 0 spiro atoms. The molecular formula is C21H17Cl2N3O5S. The monoisotopic (exact) mass is 493 g/mol. The van der Waals surface area contributed by atoms with E-state index >= 15 is 0 Å². The molecule has 3 N–H and O–H groups in total. The van der Waals surface area contributed by atoms with E-state index in [0.29, 0.717) is 10.8 Å². The van der Waals surface area contributed by atoms with Gasteiger partial charge in [0.2, 0.25) is 0 Å². The molecule has 0 atom stereocenters. The lowest BCUT2D eigenvalue weighted by Crippen LogP contribution is -2.43. The highest BCUT2D eigenvalue weighted by Crippen LogP contribution is 2.24. The molecule has 0 saturated heterocycles. The van der Waals surface area contributed by atoms with Crippen LogP contribution in [0.1, 0.15) is 10.4 Å². The van der Waals surface area contributed by atoms with Crippen molar-refractivity contribution in [2.75, 3.05) is 11.3 Å². The predicted molar refractivity (Wildman–Crippen MR) is 121 cm³/mol. The normalized spacial score (nSPS) is 10.8. The number of hydrogen-bond acceptors (Lipinski definition) is 5. The standard InChI is InChI=1S/C21H17Cl2N3O5S/c22-15-8-10-16(11-9-15)31-13-20(27)24-25-21(28)14-4-3-5-17(12-14)32(29,30)26-19-7-2-1-6-18(19)23/h1-12,26H,13H2,(H,24,27)(H,25,28). The Morgan fingerprint density at radius 1 is 0.875 bits per heavy atom. The van der Waals surface area contributed by atoms with Crippen LogP contribution in [0, 0.1) is 0 Å². The van der Waals surface area contributed by atoms with Gasteiger partial charge < -0.3 is 4.74 Å². The number of halogens is 2. The Hall–Kier alpha value is -3.27. The van der Waals surface area contributed by atoms with Crippen LogP contribution in [0.5, 0.6) is 5.75 Å². The first kappa shape index (κ1) is 23.4. The van der Waals surface area contributed by atoms with Crippen molar-refractivity contribution in [2.45, 2.75) is 4.90 Å². The molecule has 3 aromatic rings. The first-order valence-corrected chi connectivity index (χ1v) is 11.3. The third-order valence-electron chi connectivity index (χ3n) is 4.02. The van der Waals surface area contributed by atoms with Gasteiger partial charge >= 0.3 is 0 Å². The molecule has 0 aliphatic rings. The Balaban J connectivity index is 1.59. The Bertz CT molecular complexity index is 1230. The average Bonchev–Trinajstić information content (AvgIpc) is 2.78. The quantitative estimate of drug-likeness (QED) is 0.434. The summed E-state index contributed by atoms with van der Waals surface area (Å²) >= 11 is 11.8. The highest BCUT2D eigenvalue weighted by Gasteiger charge is 2.18. The number of hydrogen-bond donors (Lipinski definition) is 3. The highest BCUT2D eigenvalue weighted by atomic mass is 35.5. The zero-order valence-corrected chi connectivity index (χ0v) is 18.7. The van der Waals surface area contributed by atoms with E-state index in [9.17, 15) is 18.0 Å². The van der Waals surface area contributed by atoms with Gasteiger partial charge in [-0.05, 0) is 54.6 Å². The van der Waals surface area contributed by atoms with Crippen LogP contribution in [0.15, 0.2) is 77.7 Å². The molecule has 8 nitrogen and oxygen atoms in total. The Morgan fingerprint density at radius 2 is 1.59 bits per heavy atom. The van der Waals surface area contributed by atoms with E-state index in [1.807, 2.05) is 0 Å². The molecule has 0 aromatic heterocycles. The molecule has 0 aliphatic carbocycles. The molecule has 0 bridgehead atoms.